The first kappa shape index (κ1) is 22.1. The monoisotopic (exact) mass is 431 g/mol. The largest absolute Gasteiger partial charge is 0.322 e. The summed E-state index contributed by atoms with van der Waals surface area (Å²) in [4.78, 5) is 32.9. The van der Waals surface area contributed by atoms with E-state index in [1.165, 1.54) is 18.3 Å². The summed E-state index contributed by atoms with van der Waals surface area (Å²) in [6.45, 7) is 7.95. The molecule has 0 aromatic carbocycles. The molecule has 5 N–H and O–H groups in total. The van der Waals surface area contributed by atoms with Gasteiger partial charge < -0.3 is 10.6 Å². The van der Waals surface area contributed by atoms with Gasteiger partial charge in [0, 0.05) is 30.2 Å². The molecule has 2 aromatic heterocycles. The van der Waals surface area contributed by atoms with Crippen molar-refractivity contribution < 1.29 is 9.59 Å². The predicted octanol–water partition coefficient (Wildman–Crippen LogP) is 2.64. The molecule has 3 amide bonds. The van der Waals surface area contributed by atoms with E-state index in [-0.39, 0.29) is 29.6 Å². The van der Waals surface area contributed by atoms with Gasteiger partial charge in [0.1, 0.15) is 5.82 Å². The highest BCUT2D eigenvalue weighted by molar-refractivity contribution is 7.15. The van der Waals surface area contributed by atoms with Gasteiger partial charge in [-0.05, 0) is 42.4 Å². The Bertz CT molecular complexity index is 893. The Morgan fingerprint density at radius 3 is 2.70 bits per heavy atom. The zero-order valence-corrected chi connectivity index (χ0v) is 18.5. The van der Waals surface area contributed by atoms with Crippen LogP contribution in [0.15, 0.2) is 24.5 Å². The highest BCUT2D eigenvalue weighted by Gasteiger charge is 2.33. The summed E-state index contributed by atoms with van der Waals surface area (Å²) in [5.74, 6) is 0.403. The number of thiazole rings is 1. The number of hydrazine groups is 1. The van der Waals surface area contributed by atoms with Crippen LogP contribution < -0.4 is 26.8 Å². The van der Waals surface area contributed by atoms with Crippen molar-refractivity contribution in [3.63, 3.8) is 0 Å². The van der Waals surface area contributed by atoms with Crippen molar-refractivity contribution in [1.82, 2.24) is 26.1 Å². The van der Waals surface area contributed by atoms with Gasteiger partial charge in [0.05, 0.1) is 6.17 Å². The molecule has 1 aliphatic heterocycles. The molecule has 2 unspecified atom stereocenters. The molecule has 0 aliphatic carbocycles. The second-order valence-electron chi connectivity index (χ2n) is 8.46. The van der Waals surface area contributed by atoms with Crippen LogP contribution in [0.3, 0.4) is 0 Å². The Balaban J connectivity index is 1.46. The van der Waals surface area contributed by atoms with Crippen LogP contribution in [0.25, 0.3) is 0 Å². The Morgan fingerprint density at radius 1 is 1.20 bits per heavy atom. The lowest BCUT2D eigenvalue weighted by molar-refractivity contribution is -0.114. The Labute approximate surface area is 180 Å². The molecule has 162 valence electrons. The molecular formula is C20H29N7O2S. The number of aryl methyl sites for hydroxylation is 2. The third-order valence-electron chi connectivity index (χ3n) is 4.82. The third kappa shape index (κ3) is 6.48. The molecule has 0 bridgehead atoms. The topological polar surface area (TPSA) is 120 Å². The maximum atomic E-state index is 12.3. The number of nitrogens with one attached hydrogen (secondary N) is 5. The van der Waals surface area contributed by atoms with Gasteiger partial charge in [0.15, 0.2) is 5.13 Å². The fourth-order valence-corrected chi connectivity index (χ4v) is 3.95. The molecule has 30 heavy (non-hydrogen) atoms. The van der Waals surface area contributed by atoms with Gasteiger partial charge in [-0.15, -0.1) is 11.3 Å². The lowest BCUT2D eigenvalue weighted by atomic mass is 9.85. The number of pyridine rings is 1. The van der Waals surface area contributed by atoms with Crippen LogP contribution >= 0.6 is 11.3 Å². The van der Waals surface area contributed by atoms with Gasteiger partial charge in [-0.25, -0.2) is 20.2 Å². The molecule has 2 aromatic rings. The average molecular weight is 432 g/mol. The van der Waals surface area contributed by atoms with E-state index in [0.717, 1.165) is 29.7 Å². The van der Waals surface area contributed by atoms with E-state index in [2.05, 4.69) is 57.5 Å². The first-order valence-electron chi connectivity index (χ1n) is 9.95. The fourth-order valence-electron chi connectivity index (χ4n) is 3.14. The van der Waals surface area contributed by atoms with Gasteiger partial charge in [0.25, 0.3) is 0 Å². The van der Waals surface area contributed by atoms with Crippen LogP contribution in [0.5, 0.6) is 0 Å². The number of nitrogens with zero attached hydrogens (tertiary/aromatic N) is 2. The van der Waals surface area contributed by atoms with Crippen LogP contribution in [0, 0.1) is 5.41 Å². The summed E-state index contributed by atoms with van der Waals surface area (Å²) in [5, 5.41) is 8.97. The first-order chi connectivity index (χ1) is 14.2. The summed E-state index contributed by atoms with van der Waals surface area (Å²) in [7, 11) is 0. The van der Waals surface area contributed by atoms with Crippen molar-refractivity contribution in [2.45, 2.75) is 59.2 Å². The van der Waals surface area contributed by atoms with Crippen LogP contribution in [-0.2, 0) is 17.6 Å². The molecule has 2 atom stereocenters. The maximum absolute atomic E-state index is 12.3. The number of anilines is 2. The SMILES string of the molecule is CC(=O)Nc1cc(CCc2cnc(NC(=O)NC3CC(C(C)(C)C)NN3)s2)ccn1. The van der Waals surface area contributed by atoms with E-state index in [1.807, 2.05) is 12.1 Å². The lowest BCUT2D eigenvalue weighted by Gasteiger charge is -2.25. The highest BCUT2D eigenvalue weighted by Crippen LogP contribution is 2.25. The van der Waals surface area contributed by atoms with E-state index in [0.29, 0.717) is 10.9 Å². The van der Waals surface area contributed by atoms with Crippen molar-refractivity contribution >= 4 is 34.2 Å². The van der Waals surface area contributed by atoms with E-state index in [9.17, 15) is 9.59 Å². The number of carbonyl (C=O) groups is 2. The van der Waals surface area contributed by atoms with E-state index < -0.39 is 0 Å². The summed E-state index contributed by atoms with van der Waals surface area (Å²) in [6.07, 6.45) is 5.72. The molecule has 9 nitrogen and oxygen atoms in total. The van der Waals surface area contributed by atoms with Crippen LogP contribution in [0.1, 0.15) is 44.6 Å². The molecule has 0 spiro atoms. The summed E-state index contributed by atoms with van der Waals surface area (Å²) < 4.78 is 0. The maximum Gasteiger partial charge on any atom is 0.322 e. The minimum absolute atomic E-state index is 0.113. The molecule has 1 fully saturated rings. The van der Waals surface area contributed by atoms with Crippen LogP contribution in [0.2, 0.25) is 0 Å². The molecule has 10 heteroatoms. The zero-order chi connectivity index (χ0) is 21.7. The van der Waals surface area contributed by atoms with E-state index in [4.69, 9.17) is 0 Å². The number of rotatable bonds is 6. The van der Waals surface area contributed by atoms with E-state index in [1.54, 1.807) is 12.4 Å². The molecule has 0 radical (unpaired) electrons. The van der Waals surface area contributed by atoms with Crippen molar-refractivity contribution in [2.75, 3.05) is 10.6 Å². The summed E-state index contributed by atoms with van der Waals surface area (Å²) in [5.41, 5.74) is 7.54. The Morgan fingerprint density at radius 2 is 2.00 bits per heavy atom. The second kappa shape index (κ2) is 9.50. The number of carbonyl (C=O) groups excluding carboxylic acids is 2. The smallest absolute Gasteiger partial charge is 0.321 e. The fraction of sp³-hybridized carbons (Fsp3) is 0.500. The van der Waals surface area contributed by atoms with Crippen molar-refractivity contribution in [3.8, 4) is 0 Å². The molecule has 1 saturated heterocycles. The molecule has 3 heterocycles. The minimum Gasteiger partial charge on any atom is -0.321 e. The average Bonchev–Trinajstić information content (AvgIpc) is 3.29. The lowest BCUT2D eigenvalue weighted by Crippen LogP contribution is -2.46. The Kier molecular flexibility index (Phi) is 7.01. The second-order valence-corrected chi connectivity index (χ2v) is 9.57. The number of aromatic nitrogens is 2. The van der Waals surface area contributed by atoms with Gasteiger partial charge >= 0.3 is 6.03 Å². The Hall–Kier alpha value is -2.56. The zero-order valence-electron chi connectivity index (χ0n) is 17.7. The highest BCUT2D eigenvalue weighted by atomic mass is 32.1. The standard InChI is InChI=1S/C20H29N7O2S/c1-12(28)23-16-9-13(7-8-21-16)5-6-14-11-22-19(30-14)25-18(29)24-17-10-15(26-27-17)20(2,3)4/h7-9,11,15,17,26-27H,5-6,10H2,1-4H3,(H,21,23,28)(H2,22,24,25,29). The third-order valence-corrected chi connectivity index (χ3v) is 5.79. The summed E-state index contributed by atoms with van der Waals surface area (Å²) >= 11 is 1.45. The quantitative estimate of drug-likeness (QED) is 0.480. The normalized spacial score (nSPS) is 18.8. The van der Waals surface area contributed by atoms with Crippen molar-refractivity contribution in [1.29, 1.82) is 0 Å². The first-order valence-corrected chi connectivity index (χ1v) is 10.8. The molecular weight excluding hydrogens is 402 g/mol. The van der Waals surface area contributed by atoms with Crippen molar-refractivity contribution in [3.05, 3.63) is 35.0 Å². The predicted molar refractivity (Wildman–Crippen MR) is 118 cm³/mol. The minimum atomic E-state index is -0.279. The summed E-state index contributed by atoms with van der Waals surface area (Å²) in [6, 6.07) is 3.79. The van der Waals surface area contributed by atoms with Gasteiger partial charge in [-0.1, -0.05) is 20.8 Å². The van der Waals surface area contributed by atoms with Crippen LogP contribution in [-0.4, -0.2) is 34.1 Å². The molecule has 3 rings (SSSR count). The number of amides is 3. The van der Waals surface area contributed by atoms with Gasteiger partial charge in [-0.3, -0.25) is 15.5 Å². The number of hydrogen-bond acceptors (Lipinski definition) is 7. The molecule has 1 aliphatic rings. The van der Waals surface area contributed by atoms with Crippen molar-refractivity contribution in [2.24, 2.45) is 5.41 Å². The number of hydrogen-bond donors (Lipinski definition) is 5. The molecule has 0 saturated carbocycles. The van der Waals surface area contributed by atoms with Crippen LogP contribution in [0.4, 0.5) is 15.7 Å². The van der Waals surface area contributed by atoms with Gasteiger partial charge in [0.2, 0.25) is 5.91 Å². The van der Waals surface area contributed by atoms with Gasteiger partial charge in [-0.2, -0.15) is 0 Å². The number of urea groups is 1. The van der Waals surface area contributed by atoms with E-state index >= 15 is 0 Å².